The Morgan fingerprint density at radius 3 is 2.77 bits per heavy atom. The minimum absolute atomic E-state index is 0.159. The van der Waals surface area contributed by atoms with E-state index in [1.165, 1.54) is 12.1 Å². The van der Waals surface area contributed by atoms with Gasteiger partial charge in [-0.25, -0.2) is 4.39 Å². The molecule has 0 saturated carbocycles. The van der Waals surface area contributed by atoms with Gasteiger partial charge in [0.05, 0.1) is 12.6 Å². The molecule has 0 bridgehead atoms. The lowest BCUT2D eigenvalue weighted by atomic mass is 10.3. The standard InChI is InChI=1S/C15H20FN3O3/c1-11(20)7-8-19(2)9-15-17-14(18-22-15)10-21-13-5-3-12(16)4-6-13/h3-6,11,20H,7-10H2,1-2H3. The van der Waals surface area contributed by atoms with Crippen LogP contribution in [0.4, 0.5) is 4.39 Å². The third kappa shape index (κ3) is 5.42. The number of benzene rings is 1. The Morgan fingerprint density at radius 1 is 1.36 bits per heavy atom. The SMILES string of the molecule is CC(O)CCN(C)Cc1nc(COc2ccc(F)cc2)no1. The topological polar surface area (TPSA) is 71.6 Å². The van der Waals surface area contributed by atoms with Gasteiger partial charge in [-0.3, -0.25) is 4.90 Å². The molecule has 0 fully saturated rings. The number of hydrogen-bond donors (Lipinski definition) is 1. The van der Waals surface area contributed by atoms with Crippen LogP contribution in [0.15, 0.2) is 28.8 Å². The fourth-order valence-electron chi connectivity index (χ4n) is 1.81. The summed E-state index contributed by atoms with van der Waals surface area (Å²) in [5.41, 5.74) is 0. The molecule has 0 spiro atoms. The molecule has 22 heavy (non-hydrogen) atoms. The molecule has 0 aliphatic carbocycles. The van der Waals surface area contributed by atoms with Crippen molar-refractivity contribution in [3.8, 4) is 5.75 Å². The molecule has 1 aromatic heterocycles. The number of aromatic nitrogens is 2. The predicted octanol–water partition coefficient (Wildman–Crippen LogP) is 1.99. The van der Waals surface area contributed by atoms with Crippen LogP contribution in [0, 0.1) is 5.82 Å². The lowest BCUT2D eigenvalue weighted by molar-refractivity contribution is 0.158. The molecule has 2 aromatic rings. The molecule has 0 radical (unpaired) electrons. The monoisotopic (exact) mass is 309 g/mol. The van der Waals surface area contributed by atoms with Gasteiger partial charge < -0.3 is 14.4 Å². The lowest BCUT2D eigenvalue weighted by Gasteiger charge is -2.14. The van der Waals surface area contributed by atoms with Crippen molar-refractivity contribution in [2.75, 3.05) is 13.6 Å². The Morgan fingerprint density at radius 2 is 2.09 bits per heavy atom. The summed E-state index contributed by atoms with van der Waals surface area (Å²) in [6.45, 7) is 3.16. The van der Waals surface area contributed by atoms with E-state index in [-0.39, 0.29) is 18.5 Å². The van der Waals surface area contributed by atoms with Crippen molar-refractivity contribution in [3.05, 3.63) is 41.8 Å². The quantitative estimate of drug-likeness (QED) is 0.804. The van der Waals surface area contributed by atoms with E-state index in [0.29, 0.717) is 30.4 Å². The summed E-state index contributed by atoms with van der Waals surface area (Å²) < 4.78 is 23.4. The van der Waals surface area contributed by atoms with Crippen LogP contribution in [-0.4, -0.2) is 39.8 Å². The van der Waals surface area contributed by atoms with Gasteiger partial charge in [0, 0.05) is 6.54 Å². The Kier molecular flexibility index (Phi) is 5.85. The molecule has 1 aromatic carbocycles. The Hall–Kier alpha value is -1.99. The Balaban J connectivity index is 1.79. The fraction of sp³-hybridized carbons (Fsp3) is 0.467. The van der Waals surface area contributed by atoms with E-state index < -0.39 is 0 Å². The third-order valence-corrected chi connectivity index (χ3v) is 3.03. The van der Waals surface area contributed by atoms with Crippen LogP contribution in [0.2, 0.25) is 0 Å². The minimum Gasteiger partial charge on any atom is -0.485 e. The van der Waals surface area contributed by atoms with Gasteiger partial charge >= 0.3 is 0 Å². The molecular formula is C15H20FN3O3. The lowest BCUT2D eigenvalue weighted by Crippen LogP contribution is -2.22. The highest BCUT2D eigenvalue weighted by Crippen LogP contribution is 2.12. The maximum absolute atomic E-state index is 12.8. The average molecular weight is 309 g/mol. The number of hydrogen-bond acceptors (Lipinski definition) is 6. The van der Waals surface area contributed by atoms with Gasteiger partial charge in [0.1, 0.15) is 11.6 Å². The second-order valence-corrected chi connectivity index (χ2v) is 5.22. The molecule has 0 amide bonds. The first-order valence-electron chi connectivity index (χ1n) is 7.09. The first-order chi connectivity index (χ1) is 10.5. The van der Waals surface area contributed by atoms with Crippen LogP contribution in [0.1, 0.15) is 25.1 Å². The Bertz CT molecular complexity index is 572. The van der Waals surface area contributed by atoms with Crippen molar-refractivity contribution in [1.82, 2.24) is 15.0 Å². The van der Waals surface area contributed by atoms with Crippen LogP contribution >= 0.6 is 0 Å². The summed E-state index contributed by atoms with van der Waals surface area (Å²) in [6, 6.07) is 5.74. The average Bonchev–Trinajstić information content (AvgIpc) is 2.92. The zero-order chi connectivity index (χ0) is 15.9. The minimum atomic E-state index is -0.329. The summed E-state index contributed by atoms with van der Waals surface area (Å²) in [7, 11) is 1.92. The summed E-state index contributed by atoms with van der Waals surface area (Å²) in [4.78, 5) is 6.22. The molecule has 1 heterocycles. The molecule has 7 heteroatoms. The maximum Gasteiger partial charge on any atom is 0.240 e. The predicted molar refractivity (Wildman–Crippen MR) is 77.7 cm³/mol. The van der Waals surface area contributed by atoms with Gasteiger partial charge in [0.15, 0.2) is 6.61 Å². The van der Waals surface area contributed by atoms with Crippen LogP contribution in [0.25, 0.3) is 0 Å². The number of nitrogens with zero attached hydrogens (tertiary/aromatic N) is 3. The Labute approximate surface area is 128 Å². The van der Waals surface area contributed by atoms with Crippen LogP contribution < -0.4 is 4.74 Å². The maximum atomic E-state index is 12.8. The van der Waals surface area contributed by atoms with Gasteiger partial charge in [-0.15, -0.1) is 0 Å². The molecule has 1 N–H and O–H groups in total. The van der Waals surface area contributed by atoms with Crippen molar-refractivity contribution < 1.29 is 18.8 Å². The zero-order valence-corrected chi connectivity index (χ0v) is 12.7. The summed E-state index contributed by atoms with van der Waals surface area (Å²) in [5.74, 6) is 1.16. The molecule has 0 aliphatic rings. The highest BCUT2D eigenvalue weighted by atomic mass is 19.1. The van der Waals surface area contributed by atoms with E-state index in [2.05, 4.69) is 10.1 Å². The van der Waals surface area contributed by atoms with Crippen molar-refractivity contribution in [2.24, 2.45) is 0 Å². The first-order valence-corrected chi connectivity index (χ1v) is 7.09. The van der Waals surface area contributed by atoms with Crippen molar-refractivity contribution in [2.45, 2.75) is 32.6 Å². The fourth-order valence-corrected chi connectivity index (χ4v) is 1.81. The molecule has 1 atom stereocenters. The number of aliphatic hydroxyl groups is 1. The van der Waals surface area contributed by atoms with E-state index >= 15 is 0 Å². The van der Waals surface area contributed by atoms with E-state index in [1.54, 1.807) is 19.1 Å². The number of rotatable bonds is 8. The normalized spacial score (nSPS) is 12.6. The summed E-state index contributed by atoms with van der Waals surface area (Å²) in [6.07, 6.45) is 0.357. The zero-order valence-electron chi connectivity index (χ0n) is 12.7. The van der Waals surface area contributed by atoms with E-state index in [4.69, 9.17) is 9.26 Å². The van der Waals surface area contributed by atoms with Gasteiger partial charge in [-0.2, -0.15) is 4.98 Å². The van der Waals surface area contributed by atoms with Gasteiger partial charge in [-0.05, 0) is 44.7 Å². The number of halogens is 1. The van der Waals surface area contributed by atoms with Crippen LogP contribution in [-0.2, 0) is 13.2 Å². The summed E-state index contributed by atoms with van der Waals surface area (Å²) >= 11 is 0. The molecule has 2 rings (SSSR count). The second kappa shape index (κ2) is 7.86. The largest absolute Gasteiger partial charge is 0.485 e. The smallest absolute Gasteiger partial charge is 0.240 e. The van der Waals surface area contributed by atoms with Crippen LogP contribution in [0.5, 0.6) is 5.75 Å². The number of aliphatic hydroxyl groups excluding tert-OH is 1. The highest BCUT2D eigenvalue weighted by Gasteiger charge is 2.10. The highest BCUT2D eigenvalue weighted by molar-refractivity contribution is 5.22. The molecule has 0 saturated heterocycles. The van der Waals surface area contributed by atoms with E-state index in [9.17, 15) is 9.50 Å². The molecular weight excluding hydrogens is 289 g/mol. The van der Waals surface area contributed by atoms with Gasteiger partial charge in [0.2, 0.25) is 11.7 Å². The van der Waals surface area contributed by atoms with Crippen LogP contribution in [0.3, 0.4) is 0 Å². The number of ether oxygens (including phenoxy) is 1. The third-order valence-electron chi connectivity index (χ3n) is 3.03. The van der Waals surface area contributed by atoms with E-state index in [1.807, 2.05) is 11.9 Å². The summed E-state index contributed by atoms with van der Waals surface area (Å²) in [5, 5.41) is 13.1. The van der Waals surface area contributed by atoms with Crippen molar-refractivity contribution >= 4 is 0 Å². The second-order valence-electron chi connectivity index (χ2n) is 5.22. The molecule has 6 nitrogen and oxygen atoms in total. The molecule has 1 unspecified atom stereocenters. The molecule has 120 valence electrons. The molecule has 0 aliphatic heterocycles. The van der Waals surface area contributed by atoms with E-state index in [0.717, 1.165) is 6.54 Å². The van der Waals surface area contributed by atoms with Gasteiger partial charge in [0.25, 0.3) is 0 Å². The van der Waals surface area contributed by atoms with Crippen molar-refractivity contribution in [3.63, 3.8) is 0 Å². The first kappa shape index (κ1) is 16.4. The van der Waals surface area contributed by atoms with Crippen molar-refractivity contribution in [1.29, 1.82) is 0 Å². The van der Waals surface area contributed by atoms with Gasteiger partial charge in [-0.1, -0.05) is 5.16 Å².